The van der Waals surface area contributed by atoms with Crippen LogP contribution >= 0.6 is 0 Å². The van der Waals surface area contributed by atoms with Crippen molar-refractivity contribution in [1.82, 2.24) is 10.2 Å². The third-order valence-corrected chi connectivity index (χ3v) is 4.84. The Balaban J connectivity index is 1.47. The van der Waals surface area contributed by atoms with Crippen molar-refractivity contribution in [3.63, 3.8) is 0 Å². The largest absolute Gasteiger partial charge is 0.444 e. The third-order valence-electron chi connectivity index (χ3n) is 4.84. The van der Waals surface area contributed by atoms with Gasteiger partial charge in [0.15, 0.2) is 0 Å². The van der Waals surface area contributed by atoms with Gasteiger partial charge in [0.25, 0.3) is 5.91 Å². The maximum Gasteiger partial charge on any atom is 0.407 e. The number of likely N-dealkylation sites (tertiary alicyclic amines) is 1. The van der Waals surface area contributed by atoms with Gasteiger partial charge in [0.1, 0.15) is 5.60 Å². The van der Waals surface area contributed by atoms with E-state index in [1.54, 1.807) is 6.21 Å². The number of alkyl carbamates (subject to hydrolysis) is 1. The fourth-order valence-electron chi connectivity index (χ4n) is 3.29. The number of hydrogen-bond acceptors (Lipinski definition) is 5. The lowest BCUT2D eigenvalue weighted by molar-refractivity contribution is 0.0473. The van der Waals surface area contributed by atoms with Gasteiger partial charge >= 0.3 is 6.09 Å². The predicted octanol–water partition coefficient (Wildman–Crippen LogP) is 4.26. The van der Waals surface area contributed by atoms with E-state index in [1.165, 1.54) is 0 Å². The highest BCUT2D eigenvalue weighted by Gasteiger charge is 2.26. The van der Waals surface area contributed by atoms with E-state index < -0.39 is 11.7 Å². The number of hydrazone groups is 1. The lowest BCUT2D eigenvalue weighted by atomic mass is 10.0. The number of ether oxygens (including phenoxy) is 1. The van der Waals surface area contributed by atoms with Crippen LogP contribution in [0.1, 0.15) is 49.5 Å². The minimum atomic E-state index is -0.519. The van der Waals surface area contributed by atoms with Crippen molar-refractivity contribution >= 4 is 23.9 Å². The van der Waals surface area contributed by atoms with E-state index in [9.17, 15) is 9.59 Å². The number of para-hydroxylation sites is 1. The predicted molar refractivity (Wildman–Crippen MR) is 122 cm³/mol. The van der Waals surface area contributed by atoms with Gasteiger partial charge < -0.3 is 15.0 Å². The van der Waals surface area contributed by atoms with Crippen LogP contribution in [-0.2, 0) is 4.74 Å². The van der Waals surface area contributed by atoms with Crippen molar-refractivity contribution in [3.8, 4) is 0 Å². The molecular formula is C24H30N4O3. The van der Waals surface area contributed by atoms with Crippen molar-refractivity contribution in [2.24, 2.45) is 5.10 Å². The van der Waals surface area contributed by atoms with E-state index >= 15 is 0 Å². The van der Waals surface area contributed by atoms with E-state index in [0.717, 1.165) is 11.3 Å². The zero-order chi connectivity index (χ0) is 22.3. The lowest BCUT2D eigenvalue weighted by Gasteiger charge is -2.33. The lowest BCUT2D eigenvalue weighted by Crippen LogP contribution is -2.47. The Kier molecular flexibility index (Phi) is 7.28. The van der Waals surface area contributed by atoms with E-state index in [1.807, 2.05) is 80.3 Å². The molecule has 0 aromatic heterocycles. The number of carbonyl (C=O) groups is 2. The highest BCUT2D eigenvalue weighted by atomic mass is 16.6. The molecule has 7 heteroatoms. The van der Waals surface area contributed by atoms with Crippen LogP contribution in [0, 0.1) is 0 Å². The Morgan fingerprint density at radius 3 is 2.29 bits per heavy atom. The summed E-state index contributed by atoms with van der Waals surface area (Å²) in [5.74, 6) is 0.00150. The van der Waals surface area contributed by atoms with Gasteiger partial charge in [0.2, 0.25) is 0 Å². The van der Waals surface area contributed by atoms with E-state index in [4.69, 9.17) is 4.74 Å². The zero-order valence-corrected chi connectivity index (χ0v) is 18.3. The molecule has 164 valence electrons. The second-order valence-corrected chi connectivity index (χ2v) is 8.57. The Labute approximate surface area is 183 Å². The molecular weight excluding hydrogens is 392 g/mol. The minimum absolute atomic E-state index is 0.00150. The Bertz CT molecular complexity index is 897. The van der Waals surface area contributed by atoms with Crippen LogP contribution in [0.3, 0.4) is 0 Å². The first-order valence-corrected chi connectivity index (χ1v) is 10.5. The average Bonchev–Trinajstić information content (AvgIpc) is 2.74. The number of piperidine rings is 1. The molecule has 1 saturated heterocycles. The molecule has 0 radical (unpaired) electrons. The number of amides is 2. The van der Waals surface area contributed by atoms with Crippen LogP contribution in [0.4, 0.5) is 10.5 Å². The minimum Gasteiger partial charge on any atom is -0.444 e. The van der Waals surface area contributed by atoms with Crippen LogP contribution in [0.15, 0.2) is 59.7 Å². The van der Waals surface area contributed by atoms with Crippen molar-refractivity contribution in [2.75, 3.05) is 18.5 Å². The molecule has 31 heavy (non-hydrogen) atoms. The molecule has 7 nitrogen and oxygen atoms in total. The molecule has 0 atom stereocenters. The zero-order valence-electron chi connectivity index (χ0n) is 18.3. The molecule has 1 fully saturated rings. The van der Waals surface area contributed by atoms with Gasteiger partial charge in [-0.2, -0.15) is 5.10 Å². The summed E-state index contributed by atoms with van der Waals surface area (Å²) in [5.41, 5.74) is 4.91. The highest BCUT2D eigenvalue weighted by molar-refractivity contribution is 5.95. The second kappa shape index (κ2) is 10.1. The van der Waals surface area contributed by atoms with Crippen molar-refractivity contribution in [3.05, 3.63) is 65.7 Å². The number of benzene rings is 2. The summed E-state index contributed by atoms with van der Waals surface area (Å²) in [6, 6.07) is 17.1. The fraction of sp³-hybridized carbons (Fsp3) is 0.375. The number of nitrogens with one attached hydrogen (secondary N) is 2. The first-order chi connectivity index (χ1) is 14.8. The molecule has 0 unspecified atom stereocenters. The number of nitrogens with zero attached hydrogens (tertiary/aromatic N) is 2. The van der Waals surface area contributed by atoms with Crippen LogP contribution in [0.5, 0.6) is 0 Å². The molecule has 1 aliphatic heterocycles. The maximum absolute atomic E-state index is 12.8. The van der Waals surface area contributed by atoms with Crippen molar-refractivity contribution in [2.45, 2.75) is 45.3 Å². The molecule has 0 saturated carbocycles. The quantitative estimate of drug-likeness (QED) is 0.557. The molecule has 2 amide bonds. The Morgan fingerprint density at radius 1 is 1.03 bits per heavy atom. The summed E-state index contributed by atoms with van der Waals surface area (Å²) >= 11 is 0. The van der Waals surface area contributed by atoms with Crippen LogP contribution < -0.4 is 10.7 Å². The number of rotatable bonds is 5. The van der Waals surface area contributed by atoms with Gasteiger partial charge in [0.05, 0.1) is 11.9 Å². The molecule has 2 aromatic rings. The smallest absolute Gasteiger partial charge is 0.407 e. The van der Waals surface area contributed by atoms with Gasteiger partial charge in [-0.1, -0.05) is 30.3 Å². The van der Waals surface area contributed by atoms with E-state index in [2.05, 4.69) is 15.8 Å². The normalized spacial score (nSPS) is 15.0. The summed E-state index contributed by atoms with van der Waals surface area (Å²) in [6.07, 6.45) is 2.73. The van der Waals surface area contributed by atoms with Gasteiger partial charge in [-0.05, 0) is 63.4 Å². The third kappa shape index (κ3) is 7.13. The molecule has 0 aliphatic carbocycles. The first kappa shape index (κ1) is 22.3. The maximum atomic E-state index is 12.8. The Hall–Kier alpha value is -3.35. The van der Waals surface area contributed by atoms with Crippen LogP contribution in [0.25, 0.3) is 0 Å². The molecule has 0 spiro atoms. The van der Waals surface area contributed by atoms with Gasteiger partial charge in [0, 0.05) is 24.7 Å². The monoisotopic (exact) mass is 422 g/mol. The number of anilines is 1. The molecule has 1 heterocycles. The van der Waals surface area contributed by atoms with Gasteiger partial charge in [-0.15, -0.1) is 0 Å². The molecule has 2 N–H and O–H groups in total. The van der Waals surface area contributed by atoms with Crippen LogP contribution in [-0.4, -0.2) is 47.8 Å². The average molecular weight is 423 g/mol. The van der Waals surface area contributed by atoms with E-state index in [0.29, 0.717) is 31.5 Å². The molecule has 1 aliphatic rings. The molecule has 3 rings (SSSR count). The van der Waals surface area contributed by atoms with Gasteiger partial charge in [-0.3, -0.25) is 10.2 Å². The topological polar surface area (TPSA) is 83.0 Å². The molecule has 2 aromatic carbocycles. The van der Waals surface area contributed by atoms with Crippen molar-refractivity contribution < 1.29 is 14.3 Å². The first-order valence-electron chi connectivity index (χ1n) is 10.5. The van der Waals surface area contributed by atoms with Crippen LogP contribution in [0.2, 0.25) is 0 Å². The summed E-state index contributed by atoms with van der Waals surface area (Å²) in [5, 5.41) is 7.11. The fourth-order valence-corrected chi connectivity index (χ4v) is 3.29. The van der Waals surface area contributed by atoms with E-state index in [-0.39, 0.29) is 11.9 Å². The molecule has 0 bridgehead atoms. The number of hydrogen-bond donors (Lipinski definition) is 2. The SMILES string of the molecule is CC(C)(C)OC(=O)NC1CCN(C(=O)c2ccc(C=NNc3ccccc3)cc2)CC1. The second-order valence-electron chi connectivity index (χ2n) is 8.57. The summed E-state index contributed by atoms with van der Waals surface area (Å²) in [7, 11) is 0. The number of carbonyl (C=O) groups excluding carboxylic acids is 2. The standard InChI is InChI=1S/C24H30N4O3/c1-24(2,3)31-23(30)26-20-13-15-28(16-14-20)22(29)19-11-9-18(10-12-19)17-25-27-21-7-5-4-6-8-21/h4-12,17,20,27H,13-16H2,1-3H3,(H,26,30). The summed E-state index contributed by atoms with van der Waals surface area (Å²) < 4.78 is 5.30. The summed E-state index contributed by atoms with van der Waals surface area (Å²) in [4.78, 5) is 26.5. The highest BCUT2D eigenvalue weighted by Crippen LogP contribution is 2.16. The summed E-state index contributed by atoms with van der Waals surface area (Å²) in [6.45, 7) is 6.72. The van der Waals surface area contributed by atoms with Crippen molar-refractivity contribution in [1.29, 1.82) is 0 Å². The Morgan fingerprint density at radius 2 is 1.68 bits per heavy atom. The van der Waals surface area contributed by atoms with Gasteiger partial charge in [-0.25, -0.2) is 4.79 Å².